The highest BCUT2D eigenvalue weighted by Crippen LogP contribution is 2.14. The van der Waals surface area contributed by atoms with Crippen LogP contribution in [0.25, 0.3) is 0 Å². The summed E-state index contributed by atoms with van der Waals surface area (Å²) in [6.07, 6.45) is 2.81. The van der Waals surface area contributed by atoms with Gasteiger partial charge in [0.15, 0.2) is 0 Å². The lowest BCUT2D eigenvalue weighted by molar-refractivity contribution is -0.120. The van der Waals surface area contributed by atoms with Crippen LogP contribution >= 0.6 is 11.8 Å². The van der Waals surface area contributed by atoms with Gasteiger partial charge in [-0.25, -0.2) is 0 Å². The first-order valence-corrected chi connectivity index (χ1v) is 8.64. The first kappa shape index (κ1) is 17.1. The van der Waals surface area contributed by atoms with E-state index in [2.05, 4.69) is 34.9 Å². The van der Waals surface area contributed by atoms with Crippen LogP contribution in [0, 0.1) is 0 Å². The second-order valence-corrected chi connectivity index (χ2v) is 5.88. The zero-order valence-corrected chi connectivity index (χ0v) is 13.9. The molecule has 0 unspecified atom stereocenters. The van der Waals surface area contributed by atoms with Crippen LogP contribution in [0.15, 0.2) is 59.5 Å². The Labute approximate surface area is 140 Å². The fourth-order valence-corrected chi connectivity index (χ4v) is 2.46. The molecule has 0 saturated heterocycles. The molecule has 2 N–H and O–H groups in total. The Balaban J connectivity index is 1.67. The Morgan fingerprint density at radius 3 is 2.30 bits per heavy atom. The molecule has 0 heterocycles. The smallest absolute Gasteiger partial charge is 0.251 e. The second kappa shape index (κ2) is 9.00. The molecule has 0 saturated carbocycles. The van der Waals surface area contributed by atoms with Crippen molar-refractivity contribution in [3.05, 3.63) is 65.7 Å². The summed E-state index contributed by atoms with van der Waals surface area (Å²) in [7, 11) is 0. The summed E-state index contributed by atoms with van der Waals surface area (Å²) in [5.41, 5.74) is 1.73. The van der Waals surface area contributed by atoms with Gasteiger partial charge in [0.25, 0.3) is 5.91 Å². The third-order valence-corrected chi connectivity index (χ3v) is 4.08. The van der Waals surface area contributed by atoms with Crippen molar-refractivity contribution >= 4 is 23.6 Å². The number of nitrogens with one attached hydrogen (secondary N) is 2. The lowest BCUT2D eigenvalue weighted by Crippen LogP contribution is -2.37. The van der Waals surface area contributed by atoms with Crippen LogP contribution < -0.4 is 10.6 Å². The summed E-state index contributed by atoms with van der Waals surface area (Å²) in [5, 5.41) is 5.42. The number of amides is 2. The van der Waals surface area contributed by atoms with Crippen molar-refractivity contribution < 1.29 is 9.59 Å². The Bertz CT molecular complexity index is 642. The van der Waals surface area contributed by atoms with Gasteiger partial charge in [0.05, 0.1) is 6.54 Å². The number of carbonyl (C=O) groups excluding carboxylic acids is 2. The maximum atomic E-state index is 11.8. The zero-order chi connectivity index (χ0) is 16.5. The summed E-state index contributed by atoms with van der Waals surface area (Å²) in [6, 6.07) is 17.1. The normalized spacial score (nSPS) is 10.1. The summed E-state index contributed by atoms with van der Waals surface area (Å²) in [5.74, 6) is -0.427. The molecule has 0 atom stereocenters. The number of thioether (sulfide) groups is 1. The standard InChI is InChI=1S/C18H20N2O2S/c1-23-16-9-7-14(8-10-16)11-12-19-17(21)13-20-18(22)15-5-3-2-4-6-15/h2-10H,11-13H2,1H3,(H,19,21)(H,20,22). The van der Waals surface area contributed by atoms with Gasteiger partial charge >= 0.3 is 0 Å². The third kappa shape index (κ3) is 5.79. The molecule has 2 aromatic rings. The number of carbonyl (C=O) groups is 2. The molecule has 120 valence electrons. The molecule has 4 nitrogen and oxygen atoms in total. The number of hydrogen-bond donors (Lipinski definition) is 2. The zero-order valence-electron chi connectivity index (χ0n) is 13.0. The lowest BCUT2D eigenvalue weighted by Gasteiger charge is -2.07. The van der Waals surface area contributed by atoms with Gasteiger partial charge in [-0.2, -0.15) is 0 Å². The Morgan fingerprint density at radius 1 is 0.957 bits per heavy atom. The van der Waals surface area contributed by atoms with E-state index in [-0.39, 0.29) is 18.4 Å². The molecule has 0 spiro atoms. The fraction of sp³-hybridized carbons (Fsp3) is 0.222. The Kier molecular flexibility index (Phi) is 6.69. The van der Waals surface area contributed by atoms with E-state index in [9.17, 15) is 9.59 Å². The van der Waals surface area contributed by atoms with E-state index >= 15 is 0 Å². The highest BCUT2D eigenvalue weighted by Gasteiger charge is 2.06. The summed E-state index contributed by atoms with van der Waals surface area (Å²) < 4.78 is 0. The molecule has 5 heteroatoms. The Hall–Kier alpha value is -2.27. The topological polar surface area (TPSA) is 58.2 Å². The molecule has 0 aromatic heterocycles. The largest absolute Gasteiger partial charge is 0.354 e. The van der Waals surface area contributed by atoms with E-state index in [1.54, 1.807) is 36.0 Å². The number of rotatable bonds is 7. The van der Waals surface area contributed by atoms with Gasteiger partial charge in [-0.1, -0.05) is 30.3 Å². The third-order valence-electron chi connectivity index (χ3n) is 3.34. The molecule has 0 fully saturated rings. The minimum absolute atomic E-state index is 0.0147. The van der Waals surface area contributed by atoms with Crippen LogP contribution in [0.3, 0.4) is 0 Å². The molecular formula is C18H20N2O2S. The maximum absolute atomic E-state index is 11.8. The van der Waals surface area contributed by atoms with Crippen molar-refractivity contribution in [1.82, 2.24) is 10.6 Å². The van der Waals surface area contributed by atoms with Crippen LogP contribution in [-0.2, 0) is 11.2 Å². The van der Waals surface area contributed by atoms with Crippen LogP contribution in [-0.4, -0.2) is 31.2 Å². The van der Waals surface area contributed by atoms with Crippen molar-refractivity contribution in [3.63, 3.8) is 0 Å². The summed E-state index contributed by atoms with van der Waals surface area (Å²) in [4.78, 5) is 24.8. The van der Waals surface area contributed by atoms with Gasteiger partial charge in [0.1, 0.15) is 0 Å². The van der Waals surface area contributed by atoms with E-state index in [1.165, 1.54) is 10.5 Å². The van der Waals surface area contributed by atoms with Crippen molar-refractivity contribution in [1.29, 1.82) is 0 Å². The highest BCUT2D eigenvalue weighted by atomic mass is 32.2. The van der Waals surface area contributed by atoms with Crippen LogP contribution in [0.4, 0.5) is 0 Å². The number of hydrogen-bond acceptors (Lipinski definition) is 3. The Morgan fingerprint density at radius 2 is 1.65 bits per heavy atom. The van der Waals surface area contributed by atoms with E-state index < -0.39 is 0 Å². The summed E-state index contributed by atoms with van der Waals surface area (Å²) in [6.45, 7) is 0.539. The highest BCUT2D eigenvalue weighted by molar-refractivity contribution is 7.98. The van der Waals surface area contributed by atoms with Gasteiger partial charge < -0.3 is 10.6 Å². The first-order chi connectivity index (χ1) is 11.2. The van der Waals surface area contributed by atoms with Crippen molar-refractivity contribution in [3.8, 4) is 0 Å². The predicted octanol–water partition coefficient (Wildman–Crippen LogP) is 2.50. The van der Waals surface area contributed by atoms with E-state index in [1.807, 2.05) is 12.3 Å². The average molecular weight is 328 g/mol. The molecule has 2 rings (SSSR count). The fourth-order valence-electron chi connectivity index (χ4n) is 2.05. The minimum atomic E-state index is -0.242. The van der Waals surface area contributed by atoms with Crippen molar-refractivity contribution in [2.75, 3.05) is 19.3 Å². The SMILES string of the molecule is CSc1ccc(CCNC(=O)CNC(=O)c2ccccc2)cc1. The molecule has 0 aliphatic heterocycles. The molecule has 2 amide bonds. The molecule has 2 aromatic carbocycles. The van der Waals surface area contributed by atoms with Gasteiger partial charge in [0.2, 0.25) is 5.91 Å². The van der Waals surface area contributed by atoms with Crippen molar-refractivity contribution in [2.45, 2.75) is 11.3 Å². The quantitative estimate of drug-likeness (QED) is 0.768. The van der Waals surface area contributed by atoms with E-state index in [0.717, 1.165) is 6.42 Å². The van der Waals surface area contributed by atoms with E-state index in [0.29, 0.717) is 12.1 Å². The van der Waals surface area contributed by atoms with E-state index in [4.69, 9.17) is 0 Å². The first-order valence-electron chi connectivity index (χ1n) is 7.42. The van der Waals surface area contributed by atoms with Crippen molar-refractivity contribution in [2.24, 2.45) is 0 Å². The molecular weight excluding hydrogens is 308 g/mol. The molecule has 23 heavy (non-hydrogen) atoms. The van der Waals surface area contributed by atoms with Gasteiger partial charge in [-0.3, -0.25) is 9.59 Å². The summed E-state index contributed by atoms with van der Waals surface area (Å²) >= 11 is 1.70. The lowest BCUT2D eigenvalue weighted by atomic mass is 10.1. The van der Waals surface area contributed by atoms with Crippen LogP contribution in [0.1, 0.15) is 15.9 Å². The second-order valence-electron chi connectivity index (χ2n) is 5.00. The minimum Gasteiger partial charge on any atom is -0.354 e. The van der Waals surface area contributed by atoms with Gasteiger partial charge in [0, 0.05) is 17.0 Å². The predicted molar refractivity (Wildman–Crippen MR) is 93.7 cm³/mol. The van der Waals surface area contributed by atoms with Gasteiger partial charge in [-0.05, 0) is 42.5 Å². The monoisotopic (exact) mass is 328 g/mol. The maximum Gasteiger partial charge on any atom is 0.251 e. The molecule has 0 bridgehead atoms. The van der Waals surface area contributed by atoms with Crippen LogP contribution in [0.5, 0.6) is 0 Å². The molecule has 0 aliphatic rings. The average Bonchev–Trinajstić information content (AvgIpc) is 2.61. The number of benzene rings is 2. The van der Waals surface area contributed by atoms with Gasteiger partial charge in [-0.15, -0.1) is 11.8 Å². The molecule has 0 aliphatic carbocycles. The molecule has 0 radical (unpaired) electrons. The van der Waals surface area contributed by atoms with Crippen LogP contribution in [0.2, 0.25) is 0 Å².